The van der Waals surface area contributed by atoms with Crippen LogP contribution in [0, 0.1) is 0 Å². The van der Waals surface area contributed by atoms with Gasteiger partial charge in [0.1, 0.15) is 13.2 Å². The maximum Gasteiger partial charge on any atom is 0.165 e. The molecule has 1 aliphatic carbocycles. The fourth-order valence-electron chi connectivity index (χ4n) is 2.64. The molecule has 0 aromatic heterocycles. The molecule has 102 valence electrons. The first-order chi connectivity index (χ1) is 9.22. The number of hydrogen-bond donors (Lipinski definition) is 0. The predicted molar refractivity (Wildman–Crippen MR) is 70.0 cm³/mol. The zero-order chi connectivity index (χ0) is 13.3. The summed E-state index contributed by atoms with van der Waals surface area (Å²) in [6, 6.07) is 5.39. The van der Waals surface area contributed by atoms with Gasteiger partial charge in [-0.05, 0) is 37.5 Å². The Balaban J connectivity index is 1.76. The van der Waals surface area contributed by atoms with Crippen molar-refractivity contribution in [2.24, 2.45) is 0 Å². The van der Waals surface area contributed by atoms with Crippen LogP contribution in [0.25, 0.3) is 0 Å². The Morgan fingerprint density at radius 3 is 2.63 bits per heavy atom. The number of ether oxygens (including phenoxy) is 3. The van der Waals surface area contributed by atoms with Crippen LogP contribution in [0.3, 0.4) is 0 Å². The van der Waals surface area contributed by atoms with Crippen LogP contribution in [0.2, 0.25) is 0 Å². The summed E-state index contributed by atoms with van der Waals surface area (Å²) in [5.41, 5.74) is 0.442. The summed E-state index contributed by atoms with van der Waals surface area (Å²) in [7, 11) is 1.69. The van der Waals surface area contributed by atoms with Crippen LogP contribution in [0.4, 0.5) is 0 Å². The molecule has 1 aliphatic heterocycles. The second-order valence-corrected chi connectivity index (χ2v) is 5.20. The third-order valence-electron chi connectivity index (χ3n) is 4.04. The highest BCUT2D eigenvalue weighted by Gasteiger charge is 2.39. The minimum absolute atomic E-state index is 0.110. The quantitative estimate of drug-likeness (QED) is 0.782. The maximum absolute atomic E-state index is 12.3. The topological polar surface area (TPSA) is 44.8 Å². The number of methoxy groups -OCH3 is 1. The molecule has 0 spiro atoms. The van der Waals surface area contributed by atoms with Crippen LogP contribution in [-0.4, -0.2) is 31.7 Å². The maximum atomic E-state index is 12.3. The molecule has 1 aromatic rings. The molecule has 0 amide bonds. The summed E-state index contributed by atoms with van der Waals surface area (Å²) < 4.78 is 16.5. The fourth-order valence-corrected chi connectivity index (χ4v) is 2.64. The Bertz CT molecular complexity index is 485. The van der Waals surface area contributed by atoms with Crippen molar-refractivity contribution in [1.82, 2.24) is 0 Å². The van der Waals surface area contributed by atoms with Gasteiger partial charge in [0.2, 0.25) is 0 Å². The molecule has 1 aromatic carbocycles. The Morgan fingerprint density at radius 1 is 1.26 bits per heavy atom. The lowest BCUT2D eigenvalue weighted by molar-refractivity contribution is -0.0704. The predicted octanol–water partition coefficient (Wildman–Crippen LogP) is 2.60. The van der Waals surface area contributed by atoms with E-state index in [0.29, 0.717) is 36.7 Å². The van der Waals surface area contributed by atoms with E-state index in [0.717, 1.165) is 19.3 Å². The van der Waals surface area contributed by atoms with Crippen LogP contribution >= 0.6 is 0 Å². The standard InChI is InChI=1S/C15H18O4/c1-17-15(5-2-6-15)10-12(16)11-3-4-13-14(9-11)19-8-7-18-13/h3-4,9H,2,5-8,10H2,1H3. The van der Waals surface area contributed by atoms with Crippen molar-refractivity contribution in [1.29, 1.82) is 0 Å². The van der Waals surface area contributed by atoms with E-state index in [-0.39, 0.29) is 11.4 Å². The summed E-state index contributed by atoms with van der Waals surface area (Å²) in [6.07, 6.45) is 3.53. The number of hydrogen-bond acceptors (Lipinski definition) is 4. The van der Waals surface area contributed by atoms with Gasteiger partial charge in [-0.15, -0.1) is 0 Å². The first-order valence-corrected chi connectivity index (χ1v) is 6.70. The highest BCUT2D eigenvalue weighted by atomic mass is 16.6. The SMILES string of the molecule is COC1(CC(=O)c2ccc3c(c2)OCCO3)CCC1. The smallest absolute Gasteiger partial charge is 0.165 e. The van der Waals surface area contributed by atoms with Gasteiger partial charge in [-0.1, -0.05) is 0 Å². The molecule has 1 fully saturated rings. The number of benzene rings is 1. The van der Waals surface area contributed by atoms with Gasteiger partial charge in [-0.25, -0.2) is 0 Å². The molecule has 4 nitrogen and oxygen atoms in total. The van der Waals surface area contributed by atoms with Gasteiger partial charge >= 0.3 is 0 Å². The number of fused-ring (bicyclic) bond motifs is 1. The van der Waals surface area contributed by atoms with E-state index >= 15 is 0 Å². The van der Waals surface area contributed by atoms with Crippen LogP contribution in [-0.2, 0) is 4.74 Å². The Hall–Kier alpha value is -1.55. The summed E-state index contributed by atoms with van der Waals surface area (Å²) in [5.74, 6) is 1.49. The van der Waals surface area contributed by atoms with Crippen LogP contribution in [0.5, 0.6) is 11.5 Å². The molecule has 0 atom stereocenters. The third kappa shape index (κ3) is 2.32. The van der Waals surface area contributed by atoms with Crippen LogP contribution in [0.1, 0.15) is 36.0 Å². The molecule has 1 heterocycles. The van der Waals surface area contributed by atoms with Gasteiger partial charge in [0, 0.05) is 19.1 Å². The van der Waals surface area contributed by atoms with Crippen molar-refractivity contribution in [3.05, 3.63) is 23.8 Å². The van der Waals surface area contributed by atoms with Crippen LogP contribution < -0.4 is 9.47 Å². The van der Waals surface area contributed by atoms with Crippen molar-refractivity contribution in [2.45, 2.75) is 31.3 Å². The normalized spacial score (nSPS) is 19.6. The average molecular weight is 262 g/mol. The van der Waals surface area contributed by atoms with Crippen molar-refractivity contribution < 1.29 is 19.0 Å². The molecule has 0 unspecified atom stereocenters. The Morgan fingerprint density at radius 2 is 2.00 bits per heavy atom. The van der Waals surface area contributed by atoms with Gasteiger partial charge in [0.05, 0.1) is 5.60 Å². The lowest BCUT2D eigenvalue weighted by atomic mass is 9.76. The highest BCUT2D eigenvalue weighted by molar-refractivity contribution is 5.97. The lowest BCUT2D eigenvalue weighted by Crippen LogP contribution is -2.41. The number of Topliss-reactive ketones (excluding diaryl/α,β-unsaturated/α-hetero) is 1. The molecule has 19 heavy (non-hydrogen) atoms. The van der Waals surface area contributed by atoms with Gasteiger partial charge < -0.3 is 14.2 Å². The van der Waals surface area contributed by atoms with E-state index in [2.05, 4.69) is 0 Å². The minimum atomic E-state index is -0.232. The average Bonchev–Trinajstić information content (AvgIpc) is 2.42. The number of ketones is 1. The molecular weight excluding hydrogens is 244 g/mol. The van der Waals surface area contributed by atoms with Crippen molar-refractivity contribution in [2.75, 3.05) is 20.3 Å². The van der Waals surface area contributed by atoms with Gasteiger partial charge in [-0.2, -0.15) is 0 Å². The summed E-state index contributed by atoms with van der Waals surface area (Å²) in [5, 5.41) is 0. The van der Waals surface area contributed by atoms with E-state index in [4.69, 9.17) is 14.2 Å². The first kappa shape index (κ1) is 12.5. The molecule has 1 saturated carbocycles. The Kier molecular flexibility index (Phi) is 3.19. The minimum Gasteiger partial charge on any atom is -0.486 e. The molecule has 2 aliphatic rings. The molecule has 3 rings (SSSR count). The van der Waals surface area contributed by atoms with Crippen molar-refractivity contribution >= 4 is 5.78 Å². The first-order valence-electron chi connectivity index (χ1n) is 6.70. The summed E-state index contributed by atoms with van der Waals surface area (Å²) in [6.45, 7) is 1.10. The molecule has 4 heteroatoms. The zero-order valence-corrected chi connectivity index (χ0v) is 11.1. The van der Waals surface area contributed by atoms with Gasteiger partial charge in [-0.3, -0.25) is 4.79 Å². The molecule has 0 bridgehead atoms. The molecule has 0 radical (unpaired) electrons. The second-order valence-electron chi connectivity index (χ2n) is 5.20. The summed E-state index contributed by atoms with van der Waals surface area (Å²) >= 11 is 0. The van der Waals surface area contributed by atoms with E-state index in [9.17, 15) is 4.79 Å². The zero-order valence-electron chi connectivity index (χ0n) is 11.1. The third-order valence-corrected chi connectivity index (χ3v) is 4.04. The highest BCUT2D eigenvalue weighted by Crippen LogP contribution is 2.39. The second kappa shape index (κ2) is 4.85. The Labute approximate surface area is 112 Å². The lowest BCUT2D eigenvalue weighted by Gasteiger charge is -2.40. The number of carbonyl (C=O) groups is 1. The molecular formula is C15H18O4. The van der Waals surface area contributed by atoms with Gasteiger partial charge in [0.25, 0.3) is 0 Å². The largest absolute Gasteiger partial charge is 0.486 e. The summed E-state index contributed by atoms with van der Waals surface area (Å²) in [4.78, 5) is 12.3. The van der Waals surface area contributed by atoms with E-state index in [1.54, 1.807) is 19.2 Å². The van der Waals surface area contributed by atoms with Crippen molar-refractivity contribution in [3.8, 4) is 11.5 Å². The van der Waals surface area contributed by atoms with Crippen LogP contribution in [0.15, 0.2) is 18.2 Å². The number of carbonyl (C=O) groups excluding carboxylic acids is 1. The molecule has 0 N–H and O–H groups in total. The van der Waals surface area contributed by atoms with E-state index in [1.165, 1.54) is 0 Å². The van der Waals surface area contributed by atoms with E-state index < -0.39 is 0 Å². The monoisotopic (exact) mass is 262 g/mol. The molecule has 0 saturated heterocycles. The van der Waals surface area contributed by atoms with Crippen molar-refractivity contribution in [3.63, 3.8) is 0 Å². The fraction of sp³-hybridized carbons (Fsp3) is 0.533. The van der Waals surface area contributed by atoms with E-state index in [1.807, 2.05) is 6.07 Å². The van der Waals surface area contributed by atoms with Gasteiger partial charge in [0.15, 0.2) is 17.3 Å². The number of rotatable bonds is 4.